The molecule has 1 aromatic rings. The lowest BCUT2D eigenvalue weighted by Gasteiger charge is -2.13. The van der Waals surface area contributed by atoms with Crippen LogP contribution in [0.4, 0.5) is 0 Å². The third-order valence-corrected chi connectivity index (χ3v) is 2.55. The van der Waals surface area contributed by atoms with Gasteiger partial charge in [-0.3, -0.25) is 0 Å². The molecule has 0 aromatic heterocycles. The second-order valence-corrected chi connectivity index (χ2v) is 3.69. The van der Waals surface area contributed by atoms with E-state index in [0.29, 0.717) is 17.4 Å². The molecule has 1 unspecified atom stereocenters. The largest absolute Gasteiger partial charge is 0.495 e. The van der Waals surface area contributed by atoms with Crippen LogP contribution in [0.3, 0.4) is 0 Å². The zero-order valence-corrected chi connectivity index (χ0v) is 9.75. The van der Waals surface area contributed by atoms with E-state index in [2.05, 4.69) is 0 Å². The lowest BCUT2D eigenvalue weighted by Crippen LogP contribution is -2.12. The van der Waals surface area contributed by atoms with Crippen molar-refractivity contribution in [2.45, 2.75) is 12.5 Å². The Kier molecular flexibility index (Phi) is 4.88. The highest BCUT2D eigenvalue weighted by molar-refractivity contribution is 6.32. The number of hydrogen-bond acceptors (Lipinski definition) is 3. The average molecular weight is 230 g/mol. The maximum atomic E-state index is 5.98. The highest BCUT2D eigenvalue weighted by Gasteiger charge is 2.08. The third-order valence-electron chi connectivity index (χ3n) is 2.24. The molecule has 0 aliphatic carbocycles. The summed E-state index contributed by atoms with van der Waals surface area (Å²) in [6.45, 7) is 0.645. The lowest BCUT2D eigenvalue weighted by molar-refractivity contribution is 0.188. The van der Waals surface area contributed by atoms with Crippen molar-refractivity contribution in [1.29, 1.82) is 0 Å². The molecule has 0 amide bonds. The van der Waals surface area contributed by atoms with E-state index < -0.39 is 0 Å². The van der Waals surface area contributed by atoms with Crippen molar-refractivity contribution >= 4 is 11.6 Å². The van der Waals surface area contributed by atoms with Gasteiger partial charge in [-0.2, -0.15) is 0 Å². The first-order valence-electron chi connectivity index (χ1n) is 4.77. The molecule has 4 heteroatoms. The van der Waals surface area contributed by atoms with E-state index >= 15 is 0 Å². The predicted octanol–water partition coefficient (Wildman–Crippen LogP) is 2.38. The monoisotopic (exact) mass is 229 g/mol. The van der Waals surface area contributed by atoms with E-state index in [0.717, 1.165) is 12.0 Å². The Balaban J connectivity index is 2.76. The number of rotatable bonds is 5. The quantitative estimate of drug-likeness (QED) is 0.843. The summed E-state index contributed by atoms with van der Waals surface area (Å²) >= 11 is 5.91. The maximum Gasteiger partial charge on any atom is 0.137 e. The van der Waals surface area contributed by atoms with Crippen molar-refractivity contribution in [1.82, 2.24) is 0 Å². The zero-order valence-electron chi connectivity index (χ0n) is 9.00. The Morgan fingerprint density at radius 3 is 2.73 bits per heavy atom. The van der Waals surface area contributed by atoms with Gasteiger partial charge in [0.1, 0.15) is 5.75 Å². The average Bonchev–Trinajstić information content (AvgIpc) is 2.26. The molecule has 0 spiro atoms. The molecule has 0 heterocycles. The van der Waals surface area contributed by atoms with E-state index in [9.17, 15) is 0 Å². The van der Waals surface area contributed by atoms with Crippen molar-refractivity contribution in [3.05, 3.63) is 28.8 Å². The molecular weight excluding hydrogens is 214 g/mol. The summed E-state index contributed by atoms with van der Waals surface area (Å²) in [7, 11) is 3.25. The first-order chi connectivity index (χ1) is 7.19. The molecule has 0 saturated heterocycles. The van der Waals surface area contributed by atoms with E-state index in [4.69, 9.17) is 26.8 Å². The highest BCUT2D eigenvalue weighted by atomic mass is 35.5. The minimum atomic E-state index is -0.0453. The molecule has 84 valence electrons. The molecule has 1 rings (SSSR count). The molecule has 1 atom stereocenters. The van der Waals surface area contributed by atoms with E-state index in [-0.39, 0.29) is 6.04 Å². The van der Waals surface area contributed by atoms with Gasteiger partial charge in [0.25, 0.3) is 0 Å². The van der Waals surface area contributed by atoms with Crippen LogP contribution in [0.1, 0.15) is 18.0 Å². The molecule has 1 aromatic carbocycles. The van der Waals surface area contributed by atoms with Crippen molar-refractivity contribution in [2.75, 3.05) is 20.8 Å². The lowest BCUT2D eigenvalue weighted by atomic mass is 10.1. The van der Waals surface area contributed by atoms with Crippen LogP contribution in [0.15, 0.2) is 18.2 Å². The van der Waals surface area contributed by atoms with Gasteiger partial charge in [0, 0.05) is 19.8 Å². The SMILES string of the molecule is COCCC(N)c1ccc(Cl)c(OC)c1. The summed E-state index contributed by atoms with van der Waals surface area (Å²) in [5.74, 6) is 0.655. The summed E-state index contributed by atoms with van der Waals surface area (Å²) in [5.41, 5.74) is 6.98. The van der Waals surface area contributed by atoms with Crippen LogP contribution in [-0.2, 0) is 4.74 Å². The van der Waals surface area contributed by atoms with Gasteiger partial charge >= 0.3 is 0 Å². The van der Waals surface area contributed by atoms with E-state index in [1.807, 2.05) is 12.1 Å². The summed E-state index contributed by atoms with van der Waals surface area (Å²) in [6.07, 6.45) is 0.779. The van der Waals surface area contributed by atoms with Crippen molar-refractivity contribution in [3.8, 4) is 5.75 Å². The van der Waals surface area contributed by atoms with Crippen LogP contribution in [0.5, 0.6) is 5.75 Å². The number of ether oxygens (including phenoxy) is 2. The molecule has 15 heavy (non-hydrogen) atoms. The molecule has 0 aliphatic heterocycles. The fourth-order valence-electron chi connectivity index (χ4n) is 1.32. The number of methoxy groups -OCH3 is 2. The van der Waals surface area contributed by atoms with Gasteiger partial charge in [-0.15, -0.1) is 0 Å². The third kappa shape index (κ3) is 3.38. The molecule has 0 aliphatic rings. The first-order valence-corrected chi connectivity index (χ1v) is 5.14. The zero-order chi connectivity index (χ0) is 11.3. The number of benzene rings is 1. The summed E-state index contributed by atoms with van der Waals surface area (Å²) in [6, 6.07) is 5.52. The van der Waals surface area contributed by atoms with Crippen molar-refractivity contribution in [2.24, 2.45) is 5.73 Å². The van der Waals surface area contributed by atoms with Crippen LogP contribution in [0.2, 0.25) is 5.02 Å². The van der Waals surface area contributed by atoms with Gasteiger partial charge in [-0.25, -0.2) is 0 Å². The van der Waals surface area contributed by atoms with Crippen LogP contribution < -0.4 is 10.5 Å². The Bertz CT molecular complexity index is 317. The van der Waals surface area contributed by atoms with Gasteiger partial charge in [-0.05, 0) is 24.1 Å². The fourth-order valence-corrected chi connectivity index (χ4v) is 1.51. The molecule has 3 nitrogen and oxygen atoms in total. The Hall–Kier alpha value is -0.770. The van der Waals surface area contributed by atoms with Crippen molar-refractivity contribution in [3.63, 3.8) is 0 Å². The van der Waals surface area contributed by atoms with Crippen LogP contribution in [-0.4, -0.2) is 20.8 Å². The van der Waals surface area contributed by atoms with Crippen LogP contribution in [0.25, 0.3) is 0 Å². The smallest absolute Gasteiger partial charge is 0.137 e. The Labute approximate surface area is 95.1 Å². The predicted molar refractivity (Wildman–Crippen MR) is 61.4 cm³/mol. The molecule has 0 fully saturated rings. The Morgan fingerprint density at radius 1 is 1.40 bits per heavy atom. The molecule has 2 N–H and O–H groups in total. The maximum absolute atomic E-state index is 5.98. The van der Waals surface area contributed by atoms with E-state index in [1.54, 1.807) is 20.3 Å². The summed E-state index contributed by atoms with van der Waals surface area (Å²) < 4.78 is 10.1. The normalized spacial score (nSPS) is 12.5. The van der Waals surface area contributed by atoms with Gasteiger partial charge in [0.2, 0.25) is 0 Å². The second-order valence-electron chi connectivity index (χ2n) is 3.28. The van der Waals surface area contributed by atoms with Crippen LogP contribution in [0, 0.1) is 0 Å². The highest BCUT2D eigenvalue weighted by Crippen LogP contribution is 2.27. The molecule has 0 saturated carbocycles. The number of halogens is 1. The van der Waals surface area contributed by atoms with Gasteiger partial charge in [0.05, 0.1) is 12.1 Å². The topological polar surface area (TPSA) is 44.5 Å². The van der Waals surface area contributed by atoms with Crippen LogP contribution >= 0.6 is 11.6 Å². The molecular formula is C11H16ClNO2. The fraction of sp³-hybridized carbons (Fsp3) is 0.455. The minimum Gasteiger partial charge on any atom is -0.495 e. The van der Waals surface area contributed by atoms with Gasteiger partial charge in [0.15, 0.2) is 0 Å². The molecule has 0 radical (unpaired) electrons. The summed E-state index contributed by atoms with van der Waals surface area (Å²) in [4.78, 5) is 0. The number of nitrogens with two attached hydrogens (primary N) is 1. The standard InChI is InChI=1S/C11H16ClNO2/c1-14-6-5-10(13)8-3-4-9(12)11(7-8)15-2/h3-4,7,10H,5-6,13H2,1-2H3. The first kappa shape index (κ1) is 12.3. The van der Waals surface area contributed by atoms with Gasteiger partial charge < -0.3 is 15.2 Å². The minimum absolute atomic E-state index is 0.0453. The van der Waals surface area contributed by atoms with Gasteiger partial charge in [-0.1, -0.05) is 17.7 Å². The summed E-state index contributed by atoms with van der Waals surface area (Å²) in [5, 5.41) is 0.597. The van der Waals surface area contributed by atoms with E-state index in [1.165, 1.54) is 0 Å². The second kappa shape index (κ2) is 5.95. The number of hydrogen-bond donors (Lipinski definition) is 1. The van der Waals surface area contributed by atoms with Crippen molar-refractivity contribution < 1.29 is 9.47 Å². The Morgan fingerprint density at radius 2 is 2.13 bits per heavy atom. The molecule has 0 bridgehead atoms.